The number of aromatic nitrogens is 2. The van der Waals surface area contributed by atoms with Gasteiger partial charge in [-0.3, -0.25) is 4.79 Å². The lowest BCUT2D eigenvalue weighted by Gasteiger charge is -2.24. The first-order chi connectivity index (χ1) is 9.84. The van der Waals surface area contributed by atoms with Crippen LogP contribution in [-0.2, 0) is 0 Å². The number of nitrogens with zero attached hydrogens (tertiary/aromatic N) is 4. The van der Waals surface area contributed by atoms with E-state index < -0.39 is 0 Å². The lowest BCUT2D eigenvalue weighted by Crippen LogP contribution is -2.39. The monoisotopic (exact) mass is 290 g/mol. The van der Waals surface area contributed by atoms with Crippen molar-refractivity contribution in [2.24, 2.45) is 0 Å². The molecule has 2 aliphatic rings. The van der Waals surface area contributed by atoms with Gasteiger partial charge in [0.1, 0.15) is 11.8 Å². The number of anilines is 1. The molecule has 20 heavy (non-hydrogen) atoms. The smallest absolute Gasteiger partial charge is 0.257 e. The van der Waals surface area contributed by atoms with Crippen molar-refractivity contribution < 1.29 is 9.21 Å². The van der Waals surface area contributed by atoms with Crippen LogP contribution in [0.15, 0.2) is 28.5 Å². The van der Waals surface area contributed by atoms with E-state index in [4.69, 9.17) is 4.42 Å². The number of amides is 1. The van der Waals surface area contributed by atoms with Crippen molar-refractivity contribution in [3.05, 3.63) is 29.7 Å². The molecule has 0 spiro atoms. The molecule has 2 aromatic rings. The zero-order chi connectivity index (χ0) is 13.5. The van der Waals surface area contributed by atoms with Crippen molar-refractivity contribution in [2.75, 3.05) is 18.0 Å². The summed E-state index contributed by atoms with van der Waals surface area (Å²) < 4.78 is 5.01. The van der Waals surface area contributed by atoms with Crippen molar-refractivity contribution in [3.8, 4) is 0 Å². The van der Waals surface area contributed by atoms with Gasteiger partial charge < -0.3 is 14.2 Å². The first kappa shape index (κ1) is 11.9. The van der Waals surface area contributed by atoms with E-state index in [1.807, 2.05) is 4.90 Å². The van der Waals surface area contributed by atoms with Crippen molar-refractivity contribution in [2.45, 2.75) is 24.9 Å². The Morgan fingerprint density at radius 3 is 3.00 bits per heavy atom. The molecule has 0 bridgehead atoms. The van der Waals surface area contributed by atoms with E-state index in [0.29, 0.717) is 11.6 Å². The van der Waals surface area contributed by atoms with Crippen molar-refractivity contribution in [1.82, 2.24) is 15.1 Å². The minimum atomic E-state index is 0.0744. The third-order valence-corrected chi connectivity index (χ3v) is 4.93. The molecule has 2 fully saturated rings. The van der Waals surface area contributed by atoms with Crippen LogP contribution in [0.5, 0.6) is 0 Å². The Balaban J connectivity index is 1.55. The fourth-order valence-corrected chi connectivity index (χ4v) is 3.97. The molecule has 6 nitrogen and oxygen atoms in total. The van der Waals surface area contributed by atoms with Gasteiger partial charge in [0.15, 0.2) is 0 Å². The van der Waals surface area contributed by atoms with Crippen LogP contribution < -0.4 is 4.90 Å². The molecule has 0 unspecified atom stereocenters. The molecule has 0 aliphatic carbocycles. The Morgan fingerprint density at radius 2 is 2.25 bits per heavy atom. The summed E-state index contributed by atoms with van der Waals surface area (Å²) in [5, 5.41) is 9.03. The van der Waals surface area contributed by atoms with E-state index in [9.17, 15) is 4.79 Å². The van der Waals surface area contributed by atoms with E-state index in [0.717, 1.165) is 31.1 Å². The molecule has 104 valence electrons. The van der Waals surface area contributed by atoms with Crippen LogP contribution in [0.25, 0.3) is 0 Å². The summed E-state index contributed by atoms with van der Waals surface area (Å²) in [5.41, 5.74) is 2.39. The highest BCUT2D eigenvalue weighted by Gasteiger charge is 2.45. The van der Waals surface area contributed by atoms with E-state index in [1.165, 1.54) is 6.26 Å². The minimum Gasteiger partial charge on any atom is -0.472 e. The molecular weight excluding hydrogens is 276 g/mol. The quantitative estimate of drug-likeness (QED) is 0.841. The number of fused-ring (bicyclic) bond motifs is 1. The molecule has 2 aromatic heterocycles. The van der Waals surface area contributed by atoms with E-state index in [2.05, 4.69) is 15.1 Å². The molecule has 0 aromatic carbocycles. The molecule has 0 N–H and O–H groups in total. The Hall–Kier alpha value is -1.89. The van der Waals surface area contributed by atoms with Gasteiger partial charge >= 0.3 is 0 Å². The normalized spacial score (nSPS) is 25.2. The molecule has 0 saturated carbocycles. The molecule has 4 heterocycles. The maximum atomic E-state index is 12.5. The second kappa shape index (κ2) is 4.59. The Kier molecular flexibility index (Phi) is 2.73. The van der Waals surface area contributed by atoms with Gasteiger partial charge in [0.2, 0.25) is 5.13 Å². The van der Waals surface area contributed by atoms with Crippen LogP contribution in [0.4, 0.5) is 5.13 Å². The van der Waals surface area contributed by atoms with E-state index in [1.54, 1.807) is 29.2 Å². The summed E-state index contributed by atoms with van der Waals surface area (Å²) in [4.78, 5) is 16.7. The van der Waals surface area contributed by atoms with Gasteiger partial charge in [-0.2, -0.15) is 0 Å². The van der Waals surface area contributed by atoms with Gasteiger partial charge in [-0.1, -0.05) is 11.3 Å². The number of hydrogen-bond acceptors (Lipinski definition) is 6. The lowest BCUT2D eigenvalue weighted by molar-refractivity contribution is 0.0737. The largest absolute Gasteiger partial charge is 0.472 e. The third kappa shape index (κ3) is 1.73. The number of carbonyl (C=O) groups is 1. The van der Waals surface area contributed by atoms with Crippen LogP contribution in [-0.4, -0.2) is 46.2 Å². The minimum absolute atomic E-state index is 0.0744. The predicted octanol–water partition coefficient (Wildman–Crippen LogP) is 1.62. The van der Waals surface area contributed by atoms with Gasteiger partial charge in [-0.15, -0.1) is 10.2 Å². The van der Waals surface area contributed by atoms with Gasteiger partial charge in [0.25, 0.3) is 5.91 Å². The first-order valence-electron chi connectivity index (χ1n) is 6.70. The summed E-state index contributed by atoms with van der Waals surface area (Å²) >= 11 is 1.56. The fourth-order valence-electron chi connectivity index (χ4n) is 3.32. The molecule has 2 saturated heterocycles. The standard InChI is InChI=1S/C13H14N4O2S/c18-12(9-3-6-19-7-9)16-4-1-11-10(16)2-5-17(11)13-15-14-8-20-13/h3,6-8,10-11H,1-2,4-5H2/t10-,11+/m1/s1. The Bertz CT molecular complexity index is 598. The summed E-state index contributed by atoms with van der Waals surface area (Å²) in [7, 11) is 0. The highest BCUT2D eigenvalue weighted by molar-refractivity contribution is 7.13. The van der Waals surface area contributed by atoms with Crippen molar-refractivity contribution in [1.29, 1.82) is 0 Å². The number of rotatable bonds is 2. The summed E-state index contributed by atoms with van der Waals surface area (Å²) in [5.74, 6) is 0.0744. The van der Waals surface area contributed by atoms with E-state index >= 15 is 0 Å². The van der Waals surface area contributed by atoms with Crippen LogP contribution in [0.3, 0.4) is 0 Å². The van der Waals surface area contributed by atoms with Crippen molar-refractivity contribution in [3.63, 3.8) is 0 Å². The fraction of sp³-hybridized carbons (Fsp3) is 0.462. The van der Waals surface area contributed by atoms with Crippen molar-refractivity contribution >= 4 is 22.4 Å². The number of likely N-dealkylation sites (tertiary alicyclic amines) is 1. The van der Waals surface area contributed by atoms with Gasteiger partial charge in [0, 0.05) is 13.1 Å². The Morgan fingerprint density at radius 1 is 1.35 bits per heavy atom. The summed E-state index contributed by atoms with van der Waals surface area (Å²) in [6, 6.07) is 2.38. The zero-order valence-electron chi connectivity index (χ0n) is 10.8. The summed E-state index contributed by atoms with van der Waals surface area (Å²) in [6.45, 7) is 1.74. The van der Waals surface area contributed by atoms with E-state index in [-0.39, 0.29) is 11.9 Å². The van der Waals surface area contributed by atoms with Crippen LogP contribution >= 0.6 is 11.3 Å². The highest BCUT2D eigenvalue weighted by atomic mass is 32.1. The molecule has 2 aliphatic heterocycles. The molecule has 2 atom stereocenters. The SMILES string of the molecule is O=C(c1ccoc1)N1CC[C@H]2[C@H]1CCN2c1nncs1. The van der Waals surface area contributed by atoms with Crippen LogP contribution in [0.1, 0.15) is 23.2 Å². The lowest BCUT2D eigenvalue weighted by atomic mass is 10.1. The topological polar surface area (TPSA) is 62.5 Å². The zero-order valence-corrected chi connectivity index (χ0v) is 11.6. The van der Waals surface area contributed by atoms with Gasteiger partial charge in [-0.05, 0) is 18.9 Å². The predicted molar refractivity (Wildman–Crippen MR) is 73.8 cm³/mol. The maximum Gasteiger partial charge on any atom is 0.257 e. The van der Waals surface area contributed by atoms with Gasteiger partial charge in [-0.25, -0.2) is 0 Å². The molecule has 4 rings (SSSR count). The second-order valence-electron chi connectivity index (χ2n) is 5.14. The Labute approximate surface area is 120 Å². The molecular formula is C13H14N4O2S. The maximum absolute atomic E-state index is 12.5. The first-order valence-corrected chi connectivity index (χ1v) is 7.58. The highest BCUT2D eigenvalue weighted by Crippen LogP contribution is 2.36. The second-order valence-corrected chi connectivity index (χ2v) is 5.95. The number of hydrogen-bond donors (Lipinski definition) is 0. The number of furan rings is 1. The van der Waals surface area contributed by atoms with Crippen LogP contribution in [0, 0.1) is 0 Å². The molecule has 7 heteroatoms. The third-order valence-electron chi connectivity index (χ3n) is 4.20. The van der Waals surface area contributed by atoms with Crippen LogP contribution in [0.2, 0.25) is 0 Å². The average molecular weight is 290 g/mol. The average Bonchev–Trinajstić information content (AvgIpc) is 3.21. The van der Waals surface area contributed by atoms with Gasteiger partial charge in [0.05, 0.1) is 23.9 Å². The summed E-state index contributed by atoms with van der Waals surface area (Å²) in [6.07, 6.45) is 5.05. The number of carbonyl (C=O) groups excluding carboxylic acids is 1. The molecule has 0 radical (unpaired) electrons. The molecule has 1 amide bonds.